The molecule has 0 amide bonds. The van der Waals surface area contributed by atoms with Crippen molar-refractivity contribution in [2.45, 2.75) is 26.3 Å². The highest BCUT2D eigenvalue weighted by Crippen LogP contribution is 2.34. The Bertz CT molecular complexity index is 1180. The average molecular weight is 451 g/mol. The van der Waals surface area contributed by atoms with Crippen LogP contribution in [-0.2, 0) is 6.42 Å². The SMILES string of the molecule is CC1=CC(Nc2cc(N3CCNC(CO)C3)nc(Oc3ccc4c(c3F)C=C(C)C4)n2)=NC1. The first-order valence-electron chi connectivity index (χ1n) is 11.1. The zero-order chi connectivity index (χ0) is 22.9. The molecule has 3 aliphatic rings. The van der Waals surface area contributed by atoms with E-state index in [0.29, 0.717) is 49.2 Å². The van der Waals surface area contributed by atoms with Gasteiger partial charge in [0.1, 0.15) is 17.5 Å². The molecule has 5 rings (SSSR count). The molecule has 1 saturated heterocycles. The topological polar surface area (TPSA) is 94.9 Å². The Kier molecular flexibility index (Phi) is 5.82. The summed E-state index contributed by atoms with van der Waals surface area (Å²) in [5.41, 5.74) is 3.78. The Hall–Kier alpha value is -3.30. The maximum atomic E-state index is 15.1. The van der Waals surface area contributed by atoms with Crippen LogP contribution < -0.4 is 20.3 Å². The summed E-state index contributed by atoms with van der Waals surface area (Å²) in [6.45, 7) is 6.69. The molecule has 1 atom stereocenters. The number of benzene rings is 1. The number of rotatable bonds is 5. The van der Waals surface area contributed by atoms with E-state index in [1.54, 1.807) is 6.07 Å². The third-order valence-corrected chi connectivity index (χ3v) is 5.93. The number of aliphatic imine (C=N–C) groups is 1. The van der Waals surface area contributed by atoms with Crippen LogP contribution in [0.4, 0.5) is 16.0 Å². The summed E-state index contributed by atoms with van der Waals surface area (Å²) in [7, 11) is 0. The molecule has 0 radical (unpaired) electrons. The highest BCUT2D eigenvalue weighted by Gasteiger charge is 2.23. The number of ether oxygens (including phenoxy) is 1. The number of aromatic nitrogens is 2. The molecule has 1 aromatic heterocycles. The number of allylic oxidation sites excluding steroid dienone is 1. The second-order valence-corrected chi connectivity index (χ2v) is 8.71. The number of amidine groups is 1. The number of halogens is 1. The Morgan fingerprint density at radius 3 is 2.91 bits per heavy atom. The van der Waals surface area contributed by atoms with E-state index in [2.05, 4.69) is 30.5 Å². The number of hydrogen-bond donors (Lipinski definition) is 3. The quantitative estimate of drug-likeness (QED) is 0.645. The number of nitrogens with one attached hydrogen (secondary N) is 2. The molecule has 1 unspecified atom stereocenters. The molecule has 0 saturated carbocycles. The van der Waals surface area contributed by atoms with Gasteiger partial charge in [-0.05, 0) is 43.5 Å². The molecule has 3 N–H and O–H groups in total. The van der Waals surface area contributed by atoms with Crippen LogP contribution in [0.2, 0.25) is 0 Å². The van der Waals surface area contributed by atoms with Gasteiger partial charge in [-0.2, -0.15) is 9.97 Å². The minimum Gasteiger partial charge on any atom is -0.421 e. The standard InChI is InChI=1S/C24H27FN6O2/c1-14-7-16-3-4-19(23(25)18(16)8-14)33-24-29-21(28-20-9-15(2)11-27-20)10-22(30-24)31-6-5-26-17(12-31)13-32/h3-4,8-10,17,26,32H,5-7,11-13H2,1-2H3,(H,27,28,29,30). The minimum atomic E-state index is -0.408. The summed E-state index contributed by atoms with van der Waals surface area (Å²) in [5, 5.41) is 16.1. The van der Waals surface area contributed by atoms with Gasteiger partial charge in [0, 0.05) is 37.3 Å². The lowest BCUT2D eigenvalue weighted by molar-refractivity contribution is 0.235. The Labute approximate surface area is 191 Å². The van der Waals surface area contributed by atoms with Crippen LogP contribution in [0.3, 0.4) is 0 Å². The van der Waals surface area contributed by atoms with Crippen molar-refractivity contribution in [3.05, 3.63) is 52.4 Å². The Balaban J connectivity index is 1.47. The van der Waals surface area contributed by atoms with Crippen molar-refractivity contribution in [1.29, 1.82) is 0 Å². The monoisotopic (exact) mass is 450 g/mol. The van der Waals surface area contributed by atoms with E-state index in [4.69, 9.17) is 4.74 Å². The second kappa shape index (κ2) is 8.92. The van der Waals surface area contributed by atoms with Gasteiger partial charge in [-0.3, -0.25) is 4.99 Å². The summed E-state index contributed by atoms with van der Waals surface area (Å²) >= 11 is 0. The zero-order valence-corrected chi connectivity index (χ0v) is 18.7. The highest BCUT2D eigenvalue weighted by atomic mass is 19.1. The van der Waals surface area contributed by atoms with Crippen molar-refractivity contribution in [2.75, 3.05) is 43.0 Å². The number of anilines is 2. The van der Waals surface area contributed by atoms with Gasteiger partial charge in [0.15, 0.2) is 11.6 Å². The molecular weight excluding hydrogens is 423 g/mol. The summed E-state index contributed by atoms with van der Waals surface area (Å²) < 4.78 is 21.0. The van der Waals surface area contributed by atoms with Crippen LogP contribution in [0.25, 0.3) is 6.08 Å². The molecule has 9 heteroatoms. The van der Waals surface area contributed by atoms with E-state index in [9.17, 15) is 5.11 Å². The first-order chi connectivity index (χ1) is 16.0. The van der Waals surface area contributed by atoms with E-state index in [1.807, 2.05) is 38.1 Å². The van der Waals surface area contributed by atoms with E-state index in [1.165, 1.54) is 0 Å². The average Bonchev–Trinajstić information content (AvgIpc) is 3.40. The molecular formula is C24H27FN6O2. The largest absolute Gasteiger partial charge is 0.421 e. The van der Waals surface area contributed by atoms with E-state index in [-0.39, 0.29) is 24.4 Å². The zero-order valence-electron chi connectivity index (χ0n) is 18.7. The fourth-order valence-electron chi connectivity index (χ4n) is 4.28. The van der Waals surface area contributed by atoms with Crippen molar-refractivity contribution < 1.29 is 14.2 Å². The van der Waals surface area contributed by atoms with Crippen molar-refractivity contribution >= 4 is 23.5 Å². The number of hydrogen-bond acceptors (Lipinski definition) is 8. The van der Waals surface area contributed by atoms with Gasteiger partial charge < -0.3 is 25.4 Å². The van der Waals surface area contributed by atoms with Crippen molar-refractivity contribution in [3.8, 4) is 11.8 Å². The number of nitrogens with zero attached hydrogens (tertiary/aromatic N) is 4. The summed E-state index contributed by atoms with van der Waals surface area (Å²) in [6.07, 6.45) is 4.56. The van der Waals surface area contributed by atoms with Gasteiger partial charge >= 0.3 is 6.01 Å². The lowest BCUT2D eigenvalue weighted by Gasteiger charge is -2.33. The van der Waals surface area contributed by atoms with Gasteiger partial charge in [0.25, 0.3) is 0 Å². The summed E-state index contributed by atoms with van der Waals surface area (Å²) in [5.74, 6) is 1.54. The van der Waals surface area contributed by atoms with E-state index >= 15 is 4.39 Å². The molecule has 0 spiro atoms. The smallest absolute Gasteiger partial charge is 0.326 e. The molecule has 1 fully saturated rings. The molecule has 1 aliphatic carbocycles. The summed E-state index contributed by atoms with van der Waals surface area (Å²) in [6, 6.07) is 5.33. The molecule has 8 nitrogen and oxygen atoms in total. The van der Waals surface area contributed by atoms with Crippen LogP contribution >= 0.6 is 0 Å². The minimum absolute atomic E-state index is 0.0319. The Morgan fingerprint density at radius 1 is 1.24 bits per heavy atom. The lowest BCUT2D eigenvalue weighted by Crippen LogP contribution is -2.52. The van der Waals surface area contributed by atoms with E-state index < -0.39 is 5.82 Å². The van der Waals surface area contributed by atoms with Crippen molar-refractivity contribution in [1.82, 2.24) is 15.3 Å². The lowest BCUT2D eigenvalue weighted by atomic mass is 10.1. The van der Waals surface area contributed by atoms with Gasteiger partial charge in [-0.1, -0.05) is 17.7 Å². The third-order valence-electron chi connectivity index (χ3n) is 5.93. The van der Waals surface area contributed by atoms with Crippen LogP contribution in [-0.4, -0.2) is 59.7 Å². The van der Waals surface area contributed by atoms with Gasteiger partial charge in [-0.15, -0.1) is 0 Å². The van der Waals surface area contributed by atoms with Crippen molar-refractivity contribution in [3.63, 3.8) is 0 Å². The predicted molar refractivity (Wildman–Crippen MR) is 127 cm³/mol. The van der Waals surface area contributed by atoms with Gasteiger partial charge in [-0.25, -0.2) is 4.39 Å². The molecule has 33 heavy (non-hydrogen) atoms. The third kappa shape index (κ3) is 4.60. The molecule has 0 bridgehead atoms. The van der Waals surface area contributed by atoms with Crippen LogP contribution in [0.1, 0.15) is 25.0 Å². The first kappa shape index (κ1) is 21.5. The fraction of sp³-hybridized carbons (Fsp3) is 0.375. The predicted octanol–water partition coefficient (Wildman–Crippen LogP) is 2.91. The van der Waals surface area contributed by atoms with Gasteiger partial charge in [0.2, 0.25) is 0 Å². The van der Waals surface area contributed by atoms with Crippen LogP contribution in [0.15, 0.2) is 40.4 Å². The number of aliphatic hydroxyl groups is 1. The van der Waals surface area contributed by atoms with Crippen LogP contribution in [0, 0.1) is 5.82 Å². The molecule has 3 heterocycles. The molecule has 2 aromatic rings. The van der Waals surface area contributed by atoms with Crippen LogP contribution in [0.5, 0.6) is 11.8 Å². The summed E-state index contributed by atoms with van der Waals surface area (Å²) in [4.78, 5) is 15.5. The molecule has 1 aromatic carbocycles. The molecule has 2 aliphatic heterocycles. The number of fused-ring (bicyclic) bond motifs is 1. The number of piperazine rings is 1. The van der Waals surface area contributed by atoms with Crippen molar-refractivity contribution in [2.24, 2.45) is 4.99 Å². The normalized spacial score (nSPS) is 19.7. The Morgan fingerprint density at radius 2 is 2.12 bits per heavy atom. The fourth-order valence-corrected chi connectivity index (χ4v) is 4.28. The highest BCUT2D eigenvalue weighted by molar-refractivity contribution is 6.05. The maximum Gasteiger partial charge on any atom is 0.326 e. The van der Waals surface area contributed by atoms with Gasteiger partial charge in [0.05, 0.1) is 13.2 Å². The first-order valence-corrected chi connectivity index (χ1v) is 11.1. The number of aliphatic hydroxyl groups excluding tert-OH is 1. The maximum absolute atomic E-state index is 15.1. The second-order valence-electron chi connectivity index (χ2n) is 8.71. The molecule has 172 valence electrons. The van der Waals surface area contributed by atoms with E-state index in [0.717, 1.165) is 23.1 Å².